The number of aromatic nitrogens is 1. The summed E-state index contributed by atoms with van der Waals surface area (Å²) in [7, 11) is 0. The lowest BCUT2D eigenvalue weighted by atomic mass is 10.6. The summed E-state index contributed by atoms with van der Waals surface area (Å²) in [5.41, 5.74) is 5.08. The molecule has 0 fully saturated rings. The van der Waals surface area contributed by atoms with Gasteiger partial charge in [0, 0.05) is 0 Å². The minimum Gasteiger partial charge on any atom is -0.503 e. The van der Waals surface area contributed by atoms with Gasteiger partial charge >= 0.3 is 0 Å². The molecule has 1 aromatic rings. The van der Waals surface area contributed by atoms with E-state index in [-0.39, 0.29) is 10.0 Å². The Morgan fingerprint density at radius 3 is 2.50 bits per heavy atom. The molecule has 0 radical (unpaired) electrons. The maximum Gasteiger partial charge on any atom is 0.202 e. The number of rotatable bonds is 1. The molecule has 7 heteroatoms. The monoisotopic (exact) mass is 180 g/mol. The van der Waals surface area contributed by atoms with E-state index >= 15 is 0 Å². The van der Waals surface area contributed by atoms with Crippen molar-refractivity contribution in [1.29, 1.82) is 0 Å². The third kappa shape index (κ3) is 1.11. The first kappa shape index (κ1) is 7.45. The van der Waals surface area contributed by atoms with E-state index in [1.54, 1.807) is 0 Å². The molecular formula is C3H4N2O3S2. The zero-order valence-electron chi connectivity index (χ0n) is 4.64. The average molecular weight is 180 g/mol. The van der Waals surface area contributed by atoms with Gasteiger partial charge in [-0.2, -0.15) is 4.37 Å². The SMILES string of the molecule is Nc1nsc(S(=O)O)c1O. The zero-order chi connectivity index (χ0) is 7.72. The molecule has 10 heavy (non-hydrogen) atoms. The molecule has 0 aliphatic rings. The van der Waals surface area contributed by atoms with E-state index in [0.29, 0.717) is 11.5 Å². The predicted molar refractivity (Wildman–Crippen MR) is 37.2 cm³/mol. The predicted octanol–water partition coefficient (Wildman–Crippen LogP) is 0.0115. The Morgan fingerprint density at radius 2 is 2.30 bits per heavy atom. The van der Waals surface area contributed by atoms with Crippen LogP contribution in [0.4, 0.5) is 5.82 Å². The van der Waals surface area contributed by atoms with E-state index in [2.05, 4.69) is 4.37 Å². The summed E-state index contributed by atoms with van der Waals surface area (Å²) >= 11 is -1.48. The molecule has 0 aromatic carbocycles. The van der Waals surface area contributed by atoms with Gasteiger partial charge in [-0.15, -0.1) is 0 Å². The van der Waals surface area contributed by atoms with Crippen LogP contribution in [-0.2, 0) is 11.1 Å². The second kappa shape index (κ2) is 2.52. The fourth-order valence-corrected chi connectivity index (χ4v) is 1.49. The number of nitrogen functional groups attached to an aromatic ring is 1. The number of nitrogens with two attached hydrogens (primary N) is 1. The van der Waals surface area contributed by atoms with Gasteiger partial charge in [-0.1, -0.05) is 0 Å². The lowest BCUT2D eigenvalue weighted by Gasteiger charge is -1.87. The fraction of sp³-hybridized carbons (Fsp3) is 0. The van der Waals surface area contributed by atoms with Crippen LogP contribution in [0.25, 0.3) is 0 Å². The maximum atomic E-state index is 10.3. The molecule has 0 amide bonds. The van der Waals surface area contributed by atoms with Crippen LogP contribution in [0, 0.1) is 0 Å². The maximum absolute atomic E-state index is 10.3. The van der Waals surface area contributed by atoms with Crippen LogP contribution < -0.4 is 5.73 Å². The minimum atomic E-state index is -2.19. The summed E-state index contributed by atoms with van der Waals surface area (Å²) in [5, 5.41) is 8.88. The Bertz CT molecular complexity index is 271. The van der Waals surface area contributed by atoms with Gasteiger partial charge in [-0.3, -0.25) is 0 Å². The van der Waals surface area contributed by atoms with Crippen molar-refractivity contribution >= 4 is 28.4 Å². The number of aromatic hydroxyl groups is 1. The smallest absolute Gasteiger partial charge is 0.202 e. The van der Waals surface area contributed by atoms with E-state index in [9.17, 15) is 4.21 Å². The van der Waals surface area contributed by atoms with Crippen molar-refractivity contribution in [3.63, 3.8) is 0 Å². The fourth-order valence-electron chi connectivity index (χ4n) is 0.396. The molecule has 1 heterocycles. The molecule has 0 aliphatic heterocycles. The highest BCUT2D eigenvalue weighted by Gasteiger charge is 2.13. The summed E-state index contributed by atoms with van der Waals surface area (Å²) in [6.07, 6.45) is 0. The van der Waals surface area contributed by atoms with Crippen LogP contribution in [0.1, 0.15) is 0 Å². The highest BCUT2D eigenvalue weighted by atomic mass is 32.2. The molecule has 1 rings (SSSR count). The van der Waals surface area contributed by atoms with Gasteiger partial charge < -0.3 is 15.4 Å². The Kier molecular flexibility index (Phi) is 1.88. The lowest BCUT2D eigenvalue weighted by molar-refractivity contribution is 0.464. The summed E-state index contributed by atoms with van der Waals surface area (Å²) in [4.78, 5) is 0. The van der Waals surface area contributed by atoms with Gasteiger partial charge in [-0.05, 0) is 11.5 Å². The number of hydrogen-bond donors (Lipinski definition) is 3. The highest BCUT2D eigenvalue weighted by molar-refractivity contribution is 7.81. The van der Waals surface area contributed by atoms with Crippen molar-refractivity contribution in [3.05, 3.63) is 0 Å². The van der Waals surface area contributed by atoms with Crippen molar-refractivity contribution in [1.82, 2.24) is 4.37 Å². The molecule has 1 aromatic heterocycles. The first-order valence-electron chi connectivity index (χ1n) is 2.18. The minimum absolute atomic E-state index is 0.109. The molecule has 0 spiro atoms. The number of nitrogens with zero attached hydrogens (tertiary/aromatic N) is 1. The summed E-state index contributed by atoms with van der Waals surface area (Å²) in [5.74, 6) is -0.506. The van der Waals surface area contributed by atoms with E-state index in [0.717, 1.165) is 0 Å². The van der Waals surface area contributed by atoms with Gasteiger partial charge in [0.2, 0.25) is 11.1 Å². The molecule has 56 valence electrons. The van der Waals surface area contributed by atoms with Crippen molar-refractivity contribution < 1.29 is 13.9 Å². The van der Waals surface area contributed by atoms with Crippen LogP contribution in [0.3, 0.4) is 0 Å². The van der Waals surface area contributed by atoms with Crippen LogP contribution in [0.15, 0.2) is 4.21 Å². The van der Waals surface area contributed by atoms with Gasteiger partial charge in [0.1, 0.15) is 0 Å². The third-order valence-corrected chi connectivity index (χ3v) is 2.63. The van der Waals surface area contributed by atoms with E-state index in [1.165, 1.54) is 0 Å². The average Bonchev–Trinajstić information content (AvgIpc) is 2.14. The Balaban J connectivity index is 3.17. The highest BCUT2D eigenvalue weighted by Crippen LogP contribution is 2.29. The third-order valence-electron chi connectivity index (χ3n) is 0.821. The van der Waals surface area contributed by atoms with Crippen molar-refractivity contribution in [2.75, 3.05) is 5.73 Å². The molecule has 1 atom stereocenters. The second-order valence-corrected chi connectivity index (χ2v) is 3.39. The largest absolute Gasteiger partial charge is 0.503 e. The van der Waals surface area contributed by atoms with E-state index in [4.69, 9.17) is 15.4 Å². The van der Waals surface area contributed by atoms with Gasteiger partial charge in [0.15, 0.2) is 15.8 Å². The molecule has 0 saturated heterocycles. The summed E-state index contributed by atoms with van der Waals surface area (Å²) < 4.78 is 22.1. The van der Waals surface area contributed by atoms with Crippen molar-refractivity contribution in [2.24, 2.45) is 0 Å². The second-order valence-electron chi connectivity index (χ2n) is 1.45. The van der Waals surface area contributed by atoms with Crippen molar-refractivity contribution in [2.45, 2.75) is 4.21 Å². The first-order valence-corrected chi connectivity index (χ1v) is 4.06. The van der Waals surface area contributed by atoms with Gasteiger partial charge in [0.25, 0.3) is 0 Å². The molecule has 1 unspecified atom stereocenters. The van der Waals surface area contributed by atoms with E-state index < -0.39 is 16.8 Å². The zero-order valence-corrected chi connectivity index (χ0v) is 6.28. The van der Waals surface area contributed by atoms with Crippen LogP contribution in [-0.4, -0.2) is 18.2 Å². The van der Waals surface area contributed by atoms with Crippen LogP contribution in [0.5, 0.6) is 5.75 Å². The topological polar surface area (TPSA) is 96.4 Å². The number of anilines is 1. The quantitative estimate of drug-likeness (QED) is 0.529. The van der Waals surface area contributed by atoms with Crippen molar-refractivity contribution in [3.8, 4) is 5.75 Å². The molecule has 0 bridgehead atoms. The Morgan fingerprint density at radius 1 is 1.70 bits per heavy atom. The van der Waals surface area contributed by atoms with Crippen LogP contribution in [0.2, 0.25) is 0 Å². The molecule has 0 aliphatic carbocycles. The normalized spacial score (nSPS) is 13.3. The summed E-state index contributed by atoms with van der Waals surface area (Å²) in [6.45, 7) is 0. The Hall–Kier alpha value is -0.660. The Labute approximate surface area is 62.9 Å². The summed E-state index contributed by atoms with van der Waals surface area (Å²) in [6, 6.07) is 0. The number of hydrogen-bond acceptors (Lipinski definition) is 5. The molecule has 4 N–H and O–H groups in total. The lowest BCUT2D eigenvalue weighted by Crippen LogP contribution is -1.85. The molecule has 5 nitrogen and oxygen atoms in total. The molecule has 0 saturated carbocycles. The molecular weight excluding hydrogens is 176 g/mol. The van der Waals surface area contributed by atoms with Crippen LogP contribution >= 0.6 is 11.5 Å². The van der Waals surface area contributed by atoms with E-state index in [1.807, 2.05) is 0 Å². The first-order chi connectivity index (χ1) is 4.63. The van der Waals surface area contributed by atoms with Gasteiger partial charge in [0.05, 0.1) is 0 Å². The van der Waals surface area contributed by atoms with Gasteiger partial charge in [-0.25, -0.2) is 4.21 Å². The standard InChI is InChI=1S/C3H4N2O3S2/c4-2-1(6)3(9-5-2)10(7)8/h6H,(H2,4,5)(H,7,8).